The van der Waals surface area contributed by atoms with Crippen molar-refractivity contribution in [2.75, 3.05) is 0 Å². The fourth-order valence-electron chi connectivity index (χ4n) is 9.22. The zero-order valence-corrected chi connectivity index (χ0v) is 29.3. The minimum atomic E-state index is 0.611. The number of aromatic nitrogens is 4. The third-order valence-electron chi connectivity index (χ3n) is 11.4. The predicted octanol–water partition coefficient (Wildman–Crippen LogP) is 12.0. The van der Waals surface area contributed by atoms with Crippen molar-refractivity contribution in [3.63, 3.8) is 0 Å². The van der Waals surface area contributed by atoms with Crippen LogP contribution in [0.15, 0.2) is 157 Å². The molecule has 5 heterocycles. The molecule has 0 N–H and O–H groups in total. The number of aryl methyl sites for hydroxylation is 1. The smallest absolute Gasteiger partial charge is 0.235 e. The molecule has 0 radical (unpaired) electrons. The second-order valence-corrected chi connectivity index (χ2v) is 14.2. The molecule has 0 aliphatic carbocycles. The number of furan rings is 1. The van der Waals surface area contributed by atoms with Crippen molar-refractivity contribution >= 4 is 98.8 Å². The van der Waals surface area contributed by atoms with Gasteiger partial charge in [-0.3, -0.25) is 4.57 Å². The molecule has 12 rings (SSSR count). The summed E-state index contributed by atoms with van der Waals surface area (Å²) >= 11 is 0. The largest absolute Gasteiger partial charge is 0.456 e. The number of para-hydroxylation sites is 2. The van der Waals surface area contributed by atoms with Crippen LogP contribution in [0.25, 0.3) is 116 Å². The van der Waals surface area contributed by atoms with Crippen LogP contribution in [-0.4, -0.2) is 18.9 Å². The maximum Gasteiger partial charge on any atom is 0.235 e. The molecule has 0 fully saturated rings. The Kier molecular flexibility index (Phi) is 5.79. The maximum absolute atomic E-state index is 6.76. The van der Waals surface area contributed by atoms with Crippen LogP contribution >= 0.6 is 0 Å². The van der Waals surface area contributed by atoms with Gasteiger partial charge in [0.15, 0.2) is 0 Å². The second-order valence-electron chi connectivity index (χ2n) is 14.2. The zero-order valence-electron chi connectivity index (χ0n) is 29.3. The molecule has 252 valence electrons. The van der Waals surface area contributed by atoms with E-state index >= 15 is 0 Å². The lowest BCUT2D eigenvalue weighted by molar-refractivity contribution is 0.669. The van der Waals surface area contributed by atoms with Crippen LogP contribution in [0.4, 0.5) is 0 Å². The van der Waals surface area contributed by atoms with Crippen molar-refractivity contribution in [1.82, 2.24) is 18.9 Å². The number of allylic oxidation sites excluding steroid dienone is 1. The second kappa shape index (κ2) is 10.7. The first-order valence-corrected chi connectivity index (χ1v) is 18.3. The molecule has 7 aromatic carbocycles. The molecule has 0 amide bonds. The van der Waals surface area contributed by atoms with Gasteiger partial charge in [0.05, 0.1) is 38.8 Å². The molecule has 0 aliphatic rings. The molecule has 0 bridgehead atoms. The van der Waals surface area contributed by atoms with E-state index in [2.05, 4.69) is 156 Å². The van der Waals surface area contributed by atoms with Gasteiger partial charge in [-0.25, -0.2) is 9.97 Å². The van der Waals surface area contributed by atoms with Gasteiger partial charge in [0.1, 0.15) is 11.2 Å². The lowest BCUT2D eigenvalue weighted by Gasteiger charge is -2.13. The quantitative estimate of drug-likeness (QED) is 0.173. The minimum Gasteiger partial charge on any atom is -0.456 e. The molecule has 0 spiro atoms. The highest BCUT2D eigenvalue weighted by Gasteiger charge is 2.26. The molecular weight excluding hydrogens is 661 g/mol. The number of fused-ring (bicyclic) bond motifs is 11. The Labute approximate surface area is 308 Å². The monoisotopic (exact) mass is 690 g/mol. The standard InChI is InChI=1S/C49H30N4O/c1-3-14-34-43-42-33-20-10-12-24-40(33)54-41(42)27-39-45(43)44-37(52-36-21-11-9-18-31(36)28(2)48(34)52)22-13-23-38(44)53(39)49-50-46(30-16-5-4-6-17-30)35-26-25-29-15-7-8-19-32(29)47(35)51-49/h3-27H,1H2,2H3/b34-14-. The van der Waals surface area contributed by atoms with Crippen LogP contribution < -0.4 is 5.22 Å². The van der Waals surface area contributed by atoms with Gasteiger partial charge in [-0.15, -0.1) is 0 Å². The predicted molar refractivity (Wildman–Crippen MR) is 225 cm³/mol. The summed E-state index contributed by atoms with van der Waals surface area (Å²) in [6, 6.07) is 49.2. The van der Waals surface area contributed by atoms with E-state index in [4.69, 9.17) is 14.4 Å². The Morgan fingerprint density at radius 2 is 1.31 bits per heavy atom. The number of benzene rings is 7. The van der Waals surface area contributed by atoms with Crippen molar-refractivity contribution in [1.29, 1.82) is 0 Å². The first-order valence-electron chi connectivity index (χ1n) is 18.3. The Morgan fingerprint density at radius 3 is 2.19 bits per heavy atom. The molecule has 0 saturated heterocycles. The zero-order chi connectivity index (χ0) is 35.7. The molecule has 0 atom stereocenters. The molecule has 0 saturated carbocycles. The molecule has 5 heteroatoms. The minimum absolute atomic E-state index is 0.611. The third kappa shape index (κ3) is 3.72. The molecule has 12 aromatic rings. The summed E-state index contributed by atoms with van der Waals surface area (Å²) in [5.74, 6) is 0.611. The summed E-state index contributed by atoms with van der Waals surface area (Å²) in [6.45, 7) is 6.49. The van der Waals surface area contributed by atoms with Crippen LogP contribution in [0.2, 0.25) is 0 Å². The van der Waals surface area contributed by atoms with E-state index in [-0.39, 0.29) is 0 Å². The number of hydrogen-bond acceptors (Lipinski definition) is 3. The van der Waals surface area contributed by atoms with E-state index in [0.717, 1.165) is 104 Å². The lowest BCUT2D eigenvalue weighted by atomic mass is 10.00. The van der Waals surface area contributed by atoms with Crippen molar-refractivity contribution in [3.8, 4) is 17.2 Å². The van der Waals surface area contributed by atoms with Crippen molar-refractivity contribution < 1.29 is 4.42 Å². The Balaban J connectivity index is 1.39. The van der Waals surface area contributed by atoms with E-state index in [1.807, 2.05) is 18.2 Å². The summed E-state index contributed by atoms with van der Waals surface area (Å²) in [5.41, 5.74) is 11.2. The van der Waals surface area contributed by atoms with Gasteiger partial charge >= 0.3 is 0 Å². The number of hydrogen-bond donors (Lipinski definition) is 0. The van der Waals surface area contributed by atoms with Gasteiger partial charge in [-0.2, -0.15) is 0 Å². The number of nitrogens with zero attached hydrogens (tertiary/aromatic N) is 4. The number of rotatable bonds is 3. The normalized spacial score (nSPS) is 12.7. The summed E-state index contributed by atoms with van der Waals surface area (Å²) in [5, 5.41) is 11.2. The SMILES string of the molecule is C=C/C=c1/c2c3c(cc4c2c2c(cccc2n2c1c(C)c1ccccc12)n4-c1nc(-c2ccccc2)c2ccc4ccccc4c2n1)oc1ccccc13. The van der Waals surface area contributed by atoms with E-state index < -0.39 is 0 Å². The first kappa shape index (κ1) is 29.3. The van der Waals surface area contributed by atoms with Gasteiger partial charge in [0, 0.05) is 59.9 Å². The molecule has 54 heavy (non-hydrogen) atoms. The van der Waals surface area contributed by atoms with Gasteiger partial charge in [-0.05, 0) is 48.2 Å². The molecule has 0 unspecified atom stereocenters. The van der Waals surface area contributed by atoms with Gasteiger partial charge in [-0.1, -0.05) is 122 Å². The van der Waals surface area contributed by atoms with Gasteiger partial charge in [0.2, 0.25) is 5.95 Å². The van der Waals surface area contributed by atoms with E-state index in [9.17, 15) is 0 Å². The molecule has 5 aromatic heterocycles. The average Bonchev–Trinajstić information content (AvgIpc) is 3.83. The van der Waals surface area contributed by atoms with Crippen LogP contribution in [0.1, 0.15) is 5.56 Å². The van der Waals surface area contributed by atoms with E-state index in [1.54, 1.807) is 0 Å². The lowest BCUT2D eigenvalue weighted by Crippen LogP contribution is -2.06. The highest BCUT2D eigenvalue weighted by atomic mass is 16.3. The van der Waals surface area contributed by atoms with Crippen LogP contribution in [-0.2, 0) is 0 Å². The summed E-state index contributed by atoms with van der Waals surface area (Å²) in [6.07, 6.45) is 4.09. The third-order valence-corrected chi connectivity index (χ3v) is 11.4. The topological polar surface area (TPSA) is 48.3 Å². The fraction of sp³-hybridized carbons (Fsp3) is 0.0204. The van der Waals surface area contributed by atoms with Crippen LogP contribution in [0, 0.1) is 6.92 Å². The van der Waals surface area contributed by atoms with Crippen molar-refractivity contribution in [2.45, 2.75) is 6.92 Å². The van der Waals surface area contributed by atoms with Crippen LogP contribution in [0.3, 0.4) is 0 Å². The average molecular weight is 691 g/mol. The Morgan fingerprint density at radius 1 is 0.574 bits per heavy atom. The highest BCUT2D eigenvalue weighted by Crippen LogP contribution is 2.44. The van der Waals surface area contributed by atoms with Crippen LogP contribution in [0.5, 0.6) is 0 Å². The van der Waals surface area contributed by atoms with Crippen molar-refractivity contribution in [2.24, 2.45) is 0 Å². The fourth-order valence-corrected chi connectivity index (χ4v) is 9.22. The Bertz CT molecular complexity index is 3640. The highest BCUT2D eigenvalue weighted by molar-refractivity contribution is 6.33. The van der Waals surface area contributed by atoms with E-state index in [1.165, 1.54) is 10.9 Å². The molecule has 0 aliphatic heterocycles. The van der Waals surface area contributed by atoms with Gasteiger partial charge in [0.25, 0.3) is 0 Å². The van der Waals surface area contributed by atoms with E-state index in [0.29, 0.717) is 5.95 Å². The maximum atomic E-state index is 6.76. The summed E-state index contributed by atoms with van der Waals surface area (Å²) in [7, 11) is 0. The van der Waals surface area contributed by atoms with Crippen molar-refractivity contribution in [3.05, 3.63) is 163 Å². The summed E-state index contributed by atoms with van der Waals surface area (Å²) < 4.78 is 11.5. The first-order chi connectivity index (χ1) is 26.7. The molecular formula is C49H30N4O. The van der Waals surface area contributed by atoms with Gasteiger partial charge < -0.3 is 8.82 Å². The molecule has 5 nitrogen and oxygen atoms in total. The Hall–Kier alpha value is -7.24. The summed E-state index contributed by atoms with van der Waals surface area (Å²) in [4.78, 5) is 11.0.